The molecule has 1 nitrogen and oxygen atoms in total. The van der Waals surface area contributed by atoms with Gasteiger partial charge in [-0.05, 0) is 58.9 Å². The lowest BCUT2D eigenvalue weighted by molar-refractivity contribution is 0.104. The zero-order valence-electron chi connectivity index (χ0n) is 14.2. The molecule has 0 bridgehead atoms. The van der Waals surface area contributed by atoms with Crippen LogP contribution >= 0.6 is 15.9 Å². The van der Waals surface area contributed by atoms with Gasteiger partial charge in [0.25, 0.3) is 0 Å². The molecular weight excluding hydrogens is 372 g/mol. The van der Waals surface area contributed by atoms with Crippen LogP contribution in [0.15, 0.2) is 65.1 Å². The van der Waals surface area contributed by atoms with Gasteiger partial charge in [-0.15, -0.1) is 0 Å². The Hall–Kier alpha value is -2.19. The van der Waals surface area contributed by atoms with Crippen molar-refractivity contribution in [3.05, 3.63) is 81.8 Å². The number of aryl methyl sites for hydroxylation is 1. The molecule has 1 aliphatic rings. The van der Waals surface area contributed by atoms with Gasteiger partial charge in [0.1, 0.15) is 0 Å². The molecule has 3 aromatic carbocycles. The van der Waals surface area contributed by atoms with Crippen LogP contribution in [-0.4, -0.2) is 5.78 Å². The summed E-state index contributed by atoms with van der Waals surface area (Å²) in [5.41, 5.74) is 7.30. The fraction of sp³-hybridized carbons (Fsp3) is 0.174. The largest absolute Gasteiger partial charge is 0.289 e. The predicted molar refractivity (Wildman–Crippen MR) is 107 cm³/mol. The van der Waals surface area contributed by atoms with Crippen molar-refractivity contribution in [1.29, 1.82) is 0 Å². The number of hydrogen-bond donors (Lipinski definition) is 0. The maximum atomic E-state index is 12.8. The van der Waals surface area contributed by atoms with Crippen LogP contribution in [0.25, 0.3) is 22.3 Å². The van der Waals surface area contributed by atoms with Crippen LogP contribution in [-0.2, 0) is 6.42 Å². The highest BCUT2D eigenvalue weighted by molar-refractivity contribution is 9.10. The van der Waals surface area contributed by atoms with Crippen molar-refractivity contribution in [3.8, 4) is 22.3 Å². The van der Waals surface area contributed by atoms with E-state index in [1.165, 1.54) is 18.4 Å². The molecule has 4 rings (SSSR count). The van der Waals surface area contributed by atoms with E-state index in [2.05, 4.69) is 59.3 Å². The van der Waals surface area contributed by atoms with Crippen LogP contribution in [0, 0.1) is 0 Å². The Bertz CT molecular complexity index is 954. The smallest absolute Gasteiger partial charge is 0.194 e. The lowest BCUT2D eigenvalue weighted by atomic mass is 9.97. The highest BCUT2D eigenvalue weighted by Crippen LogP contribution is 2.39. The first-order valence-corrected chi connectivity index (χ1v) is 9.54. The second-order valence-electron chi connectivity index (χ2n) is 6.58. The van der Waals surface area contributed by atoms with E-state index >= 15 is 0 Å². The summed E-state index contributed by atoms with van der Waals surface area (Å²) in [5.74, 6) is 0.118. The van der Waals surface area contributed by atoms with Gasteiger partial charge in [0.15, 0.2) is 5.78 Å². The molecule has 0 saturated heterocycles. The Balaban J connectivity index is 1.69. The molecular formula is C23H19BrO. The predicted octanol–water partition coefficient (Wildman–Crippen LogP) is 6.67. The van der Waals surface area contributed by atoms with Crippen molar-refractivity contribution < 1.29 is 4.79 Å². The fourth-order valence-electron chi connectivity index (χ4n) is 3.48. The number of unbranched alkanes of at least 4 members (excludes halogenated alkanes) is 1. The lowest BCUT2D eigenvalue weighted by Crippen LogP contribution is -1.95. The molecule has 0 aromatic heterocycles. The molecule has 2 heteroatoms. The molecule has 0 unspecified atom stereocenters. The summed E-state index contributed by atoms with van der Waals surface area (Å²) in [6.45, 7) is 2.21. The highest BCUT2D eigenvalue weighted by atomic mass is 79.9. The van der Waals surface area contributed by atoms with E-state index in [1.807, 2.05) is 24.3 Å². The van der Waals surface area contributed by atoms with Gasteiger partial charge in [0.05, 0.1) is 0 Å². The number of carbonyl (C=O) groups is 1. The quantitative estimate of drug-likeness (QED) is 0.380. The van der Waals surface area contributed by atoms with E-state index in [1.54, 1.807) is 0 Å². The van der Waals surface area contributed by atoms with Crippen LogP contribution in [0.5, 0.6) is 0 Å². The van der Waals surface area contributed by atoms with Crippen LogP contribution in [0.3, 0.4) is 0 Å². The molecule has 124 valence electrons. The molecule has 0 atom stereocenters. The first-order chi connectivity index (χ1) is 12.2. The van der Waals surface area contributed by atoms with Crippen molar-refractivity contribution in [3.63, 3.8) is 0 Å². The Morgan fingerprint density at radius 3 is 2.12 bits per heavy atom. The number of fused-ring (bicyclic) bond motifs is 3. The molecule has 0 heterocycles. The van der Waals surface area contributed by atoms with Crippen molar-refractivity contribution in [2.24, 2.45) is 0 Å². The minimum atomic E-state index is 0.118. The summed E-state index contributed by atoms with van der Waals surface area (Å²) in [5, 5.41) is 0. The van der Waals surface area contributed by atoms with E-state index in [4.69, 9.17) is 0 Å². The zero-order chi connectivity index (χ0) is 17.4. The topological polar surface area (TPSA) is 17.1 Å². The second-order valence-corrected chi connectivity index (χ2v) is 7.50. The SMILES string of the molecule is CCCCc1ccc(-c2ccc3c(c2)C(=O)c2cc(Br)ccc2-3)cc1. The normalized spacial score (nSPS) is 12.2. The summed E-state index contributed by atoms with van der Waals surface area (Å²) in [7, 11) is 0. The van der Waals surface area contributed by atoms with E-state index < -0.39 is 0 Å². The van der Waals surface area contributed by atoms with E-state index in [0.717, 1.165) is 44.3 Å². The van der Waals surface area contributed by atoms with Crippen molar-refractivity contribution >= 4 is 21.7 Å². The third-order valence-electron chi connectivity index (χ3n) is 4.89. The fourth-order valence-corrected chi connectivity index (χ4v) is 3.84. The van der Waals surface area contributed by atoms with Gasteiger partial charge < -0.3 is 0 Å². The second kappa shape index (κ2) is 6.61. The summed E-state index contributed by atoms with van der Waals surface area (Å²) in [6.07, 6.45) is 3.56. The van der Waals surface area contributed by atoms with E-state index in [0.29, 0.717) is 0 Å². The van der Waals surface area contributed by atoms with Gasteiger partial charge in [0, 0.05) is 15.6 Å². The van der Waals surface area contributed by atoms with Crippen LogP contribution < -0.4 is 0 Å². The van der Waals surface area contributed by atoms with Gasteiger partial charge >= 0.3 is 0 Å². The summed E-state index contributed by atoms with van der Waals surface area (Å²) >= 11 is 3.46. The number of carbonyl (C=O) groups excluding carboxylic acids is 1. The molecule has 1 aliphatic carbocycles. The molecule has 3 aromatic rings. The lowest BCUT2D eigenvalue weighted by Gasteiger charge is -2.07. The minimum Gasteiger partial charge on any atom is -0.289 e. The molecule has 0 fully saturated rings. The standard InChI is InChI=1S/C23H19BrO/c1-2-3-4-15-5-7-16(8-6-15)17-9-11-19-20-12-10-18(24)14-22(20)23(25)21(19)13-17/h5-14H,2-4H2,1H3. The maximum Gasteiger partial charge on any atom is 0.194 e. The van der Waals surface area contributed by atoms with E-state index in [-0.39, 0.29) is 5.78 Å². The zero-order valence-corrected chi connectivity index (χ0v) is 15.8. The third-order valence-corrected chi connectivity index (χ3v) is 5.38. The summed E-state index contributed by atoms with van der Waals surface area (Å²) in [6, 6.07) is 20.9. The number of ketones is 1. The van der Waals surface area contributed by atoms with Gasteiger partial charge in [-0.25, -0.2) is 0 Å². The van der Waals surface area contributed by atoms with E-state index in [9.17, 15) is 4.79 Å². The minimum absolute atomic E-state index is 0.118. The average Bonchev–Trinajstić information content (AvgIpc) is 2.92. The molecule has 0 aliphatic heterocycles. The summed E-state index contributed by atoms with van der Waals surface area (Å²) in [4.78, 5) is 12.8. The maximum absolute atomic E-state index is 12.8. The molecule has 0 radical (unpaired) electrons. The molecule has 0 saturated carbocycles. The Labute approximate surface area is 156 Å². The Morgan fingerprint density at radius 1 is 0.760 bits per heavy atom. The van der Waals surface area contributed by atoms with Crippen LogP contribution in [0.4, 0.5) is 0 Å². The molecule has 0 N–H and O–H groups in total. The number of benzene rings is 3. The molecule has 0 spiro atoms. The monoisotopic (exact) mass is 390 g/mol. The third kappa shape index (κ3) is 2.96. The number of halogens is 1. The van der Waals surface area contributed by atoms with Crippen molar-refractivity contribution in [2.75, 3.05) is 0 Å². The van der Waals surface area contributed by atoms with Crippen LogP contribution in [0.2, 0.25) is 0 Å². The molecule has 25 heavy (non-hydrogen) atoms. The molecule has 0 amide bonds. The van der Waals surface area contributed by atoms with Crippen molar-refractivity contribution in [2.45, 2.75) is 26.2 Å². The number of rotatable bonds is 4. The summed E-state index contributed by atoms with van der Waals surface area (Å²) < 4.78 is 0.940. The van der Waals surface area contributed by atoms with Gasteiger partial charge in [-0.2, -0.15) is 0 Å². The highest BCUT2D eigenvalue weighted by Gasteiger charge is 2.26. The van der Waals surface area contributed by atoms with Gasteiger partial charge in [0.2, 0.25) is 0 Å². The first kappa shape index (κ1) is 16.3. The Kier molecular flexibility index (Phi) is 4.30. The van der Waals surface area contributed by atoms with Gasteiger partial charge in [-0.3, -0.25) is 4.79 Å². The number of hydrogen-bond acceptors (Lipinski definition) is 1. The first-order valence-electron chi connectivity index (χ1n) is 8.75. The van der Waals surface area contributed by atoms with Crippen molar-refractivity contribution in [1.82, 2.24) is 0 Å². The Morgan fingerprint density at radius 2 is 1.40 bits per heavy atom. The van der Waals surface area contributed by atoms with Crippen LogP contribution in [0.1, 0.15) is 41.3 Å². The average molecular weight is 391 g/mol. The van der Waals surface area contributed by atoms with Gasteiger partial charge in [-0.1, -0.05) is 71.7 Å².